The highest BCUT2D eigenvalue weighted by Crippen LogP contribution is 2.18. The summed E-state index contributed by atoms with van der Waals surface area (Å²) in [6, 6.07) is 6.83. The van der Waals surface area contributed by atoms with Crippen molar-refractivity contribution in [1.82, 2.24) is 19.3 Å². The molecule has 0 unspecified atom stereocenters. The molecular weight excluding hydrogens is 388 g/mol. The molecule has 10 nitrogen and oxygen atoms in total. The van der Waals surface area contributed by atoms with E-state index in [1.165, 1.54) is 14.1 Å². The molecule has 3 N–H and O–H groups in total. The van der Waals surface area contributed by atoms with Gasteiger partial charge in [0.15, 0.2) is 5.69 Å². The van der Waals surface area contributed by atoms with Crippen LogP contribution in [0.3, 0.4) is 0 Å². The zero-order valence-corrected chi connectivity index (χ0v) is 16.9. The highest BCUT2D eigenvalue weighted by atomic mass is 16.2. The van der Waals surface area contributed by atoms with Crippen molar-refractivity contribution >= 4 is 28.3 Å². The van der Waals surface area contributed by atoms with Gasteiger partial charge in [0.1, 0.15) is 12.4 Å². The third-order valence-electron chi connectivity index (χ3n) is 4.88. The molecule has 3 rings (SSSR count). The average molecular weight is 412 g/mol. The molecule has 1 amide bonds. The molecular formula is C20H24N6O4. The van der Waals surface area contributed by atoms with Crippen LogP contribution in [0.2, 0.25) is 0 Å². The van der Waals surface area contributed by atoms with E-state index in [9.17, 15) is 19.2 Å². The highest BCUT2D eigenvalue weighted by Gasteiger charge is 2.23. The Hall–Kier alpha value is -3.69. The molecule has 0 spiro atoms. The van der Waals surface area contributed by atoms with Gasteiger partial charge in [0.25, 0.3) is 5.56 Å². The number of para-hydroxylation sites is 1. The summed E-state index contributed by atoms with van der Waals surface area (Å²) in [5.74, 6) is -0.498. The van der Waals surface area contributed by atoms with Gasteiger partial charge in [-0.05, 0) is 25.5 Å². The predicted molar refractivity (Wildman–Crippen MR) is 115 cm³/mol. The van der Waals surface area contributed by atoms with Gasteiger partial charge in [-0.15, -0.1) is 0 Å². The summed E-state index contributed by atoms with van der Waals surface area (Å²) in [4.78, 5) is 53.2. The maximum Gasteiger partial charge on any atom is 0.330 e. The van der Waals surface area contributed by atoms with Crippen LogP contribution in [0.4, 0.5) is 11.5 Å². The van der Waals surface area contributed by atoms with Crippen molar-refractivity contribution in [2.45, 2.75) is 39.8 Å². The summed E-state index contributed by atoms with van der Waals surface area (Å²) in [5, 5.41) is 4.50. The van der Waals surface area contributed by atoms with Gasteiger partial charge in [-0.25, -0.2) is 4.79 Å². The summed E-state index contributed by atoms with van der Waals surface area (Å²) in [6.45, 7) is 3.97. The summed E-state index contributed by atoms with van der Waals surface area (Å²) < 4.78 is 2.67. The number of hydrogen-bond acceptors (Lipinski definition) is 6. The Morgan fingerprint density at radius 3 is 2.63 bits per heavy atom. The lowest BCUT2D eigenvalue weighted by atomic mass is 10.2. The standard InChI is InChI=1S/C20H24N6O4/c1-3-5-10-25-18(21)17(19(29)23-20(25)30)24(4-2)16(28)12-26-14-9-7-6-8-13(14)15(27)11-22-26/h6-9,11H,3-5,10,12,21H2,1-2H3,(H,23,29,30). The summed E-state index contributed by atoms with van der Waals surface area (Å²) in [6.07, 6.45) is 2.68. The first-order valence-corrected chi connectivity index (χ1v) is 9.76. The molecule has 0 fully saturated rings. The summed E-state index contributed by atoms with van der Waals surface area (Å²) >= 11 is 0. The first kappa shape index (κ1) is 21.0. The first-order chi connectivity index (χ1) is 14.4. The molecule has 10 heteroatoms. The third-order valence-corrected chi connectivity index (χ3v) is 4.88. The molecule has 0 aliphatic rings. The quantitative estimate of drug-likeness (QED) is 0.586. The largest absolute Gasteiger partial charge is 0.383 e. The highest BCUT2D eigenvalue weighted by molar-refractivity contribution is 5.96. The smallest absolute Gasteiger partial charge is 0.330 e. The Morgan fingerprint density at radius 2 is 1.93 bits per heavy atom. The monoisotopic (exact) mass is 412 g/mol. The number of rotatable bonds is 7. The zero-order valence-electron chi connectivity index (χ0n) is 16.9. The van der Waals surface area contributed by atoms with E-state index in [0.29, 0.717) is 23.9 Å². The molecule has 0 saturated heterocycles. The number of carbonyl (C=O) groups excluding carboxylic acids is 1. The number of likely N-dealkylation sites (N-methyl/N-ethyl adjacent to an activating group) is 1. The van der Waals surface area contributed by atoms with E-state index < -0.39 is 17.2 Å². The second kappa shape index (κ2) is 8.76. The predicted octanol–water partition coefficient (Wildman–Crippen LogP) is 0.682. The van der Waals surface area contributed by atoms with Crippen LogP contribution in [0, 0.1) is 0 Å². The topological polar surface area (TPSA) is 136 Å². The van der Waals surface area contributed by atoms with Gasteiger partial charge in [-0.2, -0.15) is 5.10 Å². The van der Waals surface area contributed by atoms with Crippen molar-refractivity contribution in [1.29, 1.82) is 0 Å². The van der Waals surface area contributed by atoms with Crippen molar-refractivity contribution in [3.63, 3.8) is 0 Å². The average Bonchev–Trinajstić information content (AvgIpc) is 2.73. The number of aromatic amines is 1. The normalized spacial score (nSPS) is 11.0. The van der Waals surface area contributed by atoms with E-state index in [-0.39, 0.29) is 30.0 Å². The fourth-order valence-electron chi connectivity index (χ4n) is 3.34. The second-order valence-corrected chi connectivity index (χ2v) is 6.82. The van der Waals surface area contributed by atoms with Crippen molar-refractivity contribution in [2.75, 3.05) is 17.2 Å². The molecule has 0 atom stereocenters. The molecule has 0 bridgehead atoms. The van der Waals surface area contributed by atoms with Gasteiger partial charge in [-0.3, -0.25) is 28.6 Å². The number of unbranched alkanes of at least 4 members (excludes halogenated alkanes) is 1. The number of hydrogen-bond donors (Lipinski definition) is 2. The van der Waals surface area contributed by atoms with Crippen LogP contribution >= 0.6 is 0 Å². The maximum absolute atomic E-state index is 13.1. The number of nitrogen functional groups attached to an aromatic ring is 1. The van der Waals surface area contributed by atoms with E-state index in [4.69, 9.17) is 5.73 Å². The number of amides is 1. The van der Waals surface area contributed by atoms with Crippen LogP contribution in [-0.4, -0.2) is 31.8 Å². The summed E-state index contributed by atoms with van der Waals surface area (Å²) in [5.41, 5.74) is 4.99. The number of nitrogens with one attached hydrogen (secondary N) is 1. The van der Waals surface area contributed by atoms with E-state index in [1.54, 1.807) is 31.2 Å². The third kappa shape index (κ3) is 3.88. The fourth-order valence-corrected chi connectivity index (χ4v) is 3.34. The van der Waals surface area contributed by atoms with Crippen molar-refractivity contribution in [3.05, 3.63) is 61.5 Å². The Bertz CT molecular complexity index is 1260. The molecule has 2 aromatic heterocycles. The van der Waals surface area contributed by atoms with Gasteiger partial charge in [0, 0.05) is 18.5 Å². The molecule has 0 aliphatic heterocycles. The minimum absolute atomic E-state index is 0.0508. The Kier molecular flexibility index (Phi) is 6.14. The number of carbonyl (C=O) groups is 1. The van der Waals surface area contributed by atoms with Gasteiger partial charge in [-0.1, -0.05) is 25.5 Å². The number of benzene rings is 1. The summed E-state index contributed by atoms with van der Waals surface area (Å²) in [7, 11) is 0. The SMILES string of the molecule is CCCCn1c(N)c(N(CC)C(=O)Cn2ncc(=O)c3ccccc32)c(=O)[nH]c1=O. The lowest BCUT2D eigenvalue weighted by molar-refractivity contribution is -0.119. The van der Waals surface area contributed by atoms with Crippen LogP contribution in [0.25, 0.3) is 10.9 Å². The molecule has 158 valence electrons. The van der Waals surface area contributed by atoms with Crippen LogP contribution in [0.5, 0.6) is 0 Å². The van der Waals surface area contributed by atoms with Crippen LogP contribution < -0.4 is 27.3 Å². The number of nitrogens with zero attached hydrogens (tertiary/aromatic N) is 4. The van der Waals surface area contributed by atoms with E-state index in [2.05, 4.69) is 10.1 Å². The Labute approximate surface area is 171 Å². The van der Waals surface area contributed by atoms with Gasteiger partial charge in [0.05, 0.1) is 11.7 Å². The van der Waals surface area contributed by atoms with Crippen molar-refractivity contribution in [3.8, 4) is 0 Å². The molecule has 3 aromatic rings. The van der Waals surface area contributed by atoms with Gasteiger partial charge < -0.3 is 10.6 Å². The maximum atomic E-state index is 13.1. The van der Waals surface area contributed by atoms with Crippen molar-refractivity contribution < 1.29 is 4.79 Å². The number of nitrogens with two attached hydrogens (primary N) is 1. The minimum atomic E-state index is -0.724. The van der Waals surface area contributed by atoms with E-state index in [0.717, 1.165) is 12.6 Å². The molecule has 30 heavy (non-hydrogen) atoms. The van der Waals surface area contributed by atoms with E-state index >= 15 is 0 Å². The van der Waals surface area contributed by atoms with E-state index in [1.807, 2.05) is 6.92 Å². The molecule has 2 heterocycles. The number of H-pyrrole nitrogens is 1. The first-order valence-electron chi connectivity index (χ1n) is 9.76. The molecule has 0 aliphatic carbocycles. The van der Waals surface area contributed by atoms with Gasteiger partial charge in [0.2, 0.25) is 11.3 Å². The fraction of sp³-hybridized carbons (Fsp3) is 0.350. The second-order valence-electron chi connectivity index (χ2n) is 6.82. The number of aromatic nitrogens is 4. The number of fused-ring (bicyclic) bond motifs is 1. The Morgan fingerprint density at radius 1 is 1.20 bits per heavy atom. The number of anilines is 2. The lowest BCUT2D eigenvalue weighted by Gasteiger charge is -2.23. The van der Waals surface area contributed by atoms with Gasteiger partial charge >= 0.3 is 5.69 Å². The molecule has 0 saturated carbocycles. The van der Waals surface area contributed by atoms with Crippen LogP contribution in [0.15, 0.2) is 44.8 Å². The zero-order chi connectivity index (χ0) is 21.8. The lowest BCUT2D eigenvalue weighted by Crippen LogP contribution is -2.42. The Balaban J connectivity index is 2.02. The van der Waals surface area contributed by atoms with Crippen LogP contribution in [0.1, 0.15) is 26.7 Å². The van der Waals surface area contributed by atoms with Crippen molar-refractivity contribution in [2.24, 2.45) is 0 Å². The van der Waals surface area contributed by atoms with Crippen LogP contribution in [-0.2, 0) is 17.9 Å². The molecule has 0 radical (unpaired) electrons. The molecule has 1 aromatic carbocycles. The minimum Gasteiger partial charge on any atom is -0.383 e.